The van der Waals surface area contributed by atoms with Crippen LogP contribution in [0.15, 0.2) is 0 Å². The van der Waals surface area contributed by atoms with Crippen LogP contribution in [0.5, 0.6) is 0 Å². The Bertz CT molecular complexity index is 224. The van der Waals surface area contributed by atoms with E-state index in [2.05, 4.69) is 41.5 Å². The predicted molar refractivity (Wildman–Crippen MR) is 63.5 cm³/mol. The zero-order chi connectivity index (χ0) is 11.7. The van der Waals surface area contributed by atoms with Crippen LogP contribution in [0.25, 0.3) is 0 Å². The summed E-state index contributed by atoms with van der Waals surface area (Å²) in [5.74, 6) is 0.132. The van der Waals surface area contributed by atoms with Gasteiger partial charge in [0.15, 0.2) is 0 Å². The van der Waals surface area contributed by atoms with E-state index >= 15 is 0 Å². The predicted octanol–water partition coefficient (Wildman–Crippen LogP) is 3.75. The molecule has 0 aliphatic rings. The topological polar surface area (TPSA) is 47.7 Å². The minimum Gasteiger partial charge on any atom is -0.304 e. The lowest BCUT2D eigenvalue weighted by Crippen LogP contribution is -2.41. The van der Waals surface area contributed by atoms with Gasteiger partial charge in [0, 0.05) is 11.6 Å². The Hall–Kier alpha value is -0.660. The largest absolute Gasteiger partial charge is 0.304 e. The van der Waals surface area contributed by atoms with Crippen LogP contribution in [0.1, 0.15) is 48.5 Å². The molecule has 0 bridgehead atoms. The molecule has 0 fully saturated rings. The highest BCUT2D eigenvalue weighted by Crippen LogP contribution is 2.40. The molecule has 0 aromatic heterocycles. The summed E-state index contributed by atoms with van der Waals surface area (Å²) in [5.41, 5.74) is 0.944. The second kappa shape index (κ2) is 3.84. The van der Waals surface area contributed by atoms with Gasteiger partial charge in [0.25, 0.3) is 0 Å². The molecule has 0 amide bonds. The summed E-state index contributed by atoms with van der Waals surface area (Å²) in [7, 11) is 0. The van der Waals surface area contributed by atoms with Crippen molar-refractivity contribution >= 4 is 11.4 Å². The molecule has 0 atom stereocenters. The van der Waals surface area contributed by atoms with Crippen LogP contribution in [0.3, 0.4) is 0 Å². The fraction of sp³-hybridized carbons (Fsp3) is 0.833. The lowest BCUT2D eigenvalue weighted by molar-refractivity contribution is 0.168. The first-order valence-corrected chi connectivity index (χ1v) is 5.12. The van der Waals surface area contributed by atoms with Gasteiger partial charge in [-0.1, -0.05) is 41.5 Å². The Balaban J connectivity index is 5.15. The molecule has 0 aliphatic heterocycles. The number of hydrogen-bond acceptors (Lipinski definition) is 2. The maximum Gasteiger partial charge on any atom is 0.0559 e. The van der Waals surface area contributed by atoms with E-state index in [1.165, 1.54) is 0 Å². The Morgan fingerprint density at radius 3 is 1.21 bits per heavy atom. The van der Waals surface area contributed by atoms with Gasteiger partial charge in [-0.15, -0.1) is 0 Å². The molecule has 2 nitrogen and oxygen atoms in total. The SMILES string of the molecule is CC(=N)C(=N)C(C(C)(C)C)C(C)(C)C. The van der Waals surface area contributed by atoms with Crippen LogP contribution in [-0.4, -0.2) is 11.4 Å². The third-order valence-electron chi connectivity index (χ3n) is 2.42. The summed E-state index contributed by atoms with van der Waals surface area (Å²) in [6.45, 7) is 14.5. The zero-order valence-corrected chi connectivity index (χ0v) is 10.6. The van der Waals surface area contributed by atoms with Crippen molar-refractivity contribution in [2.45, 2.75) is 48.5 Å². The smallest absolute Gasteiger partial charge is 0.0559 e. The average Bonchev–Trinajstić information content (AvgIpc) is 1.79. The summed E-state index contributed by atoms with van der Waals surface area (Å²) < 4.78 is 0. The van der Waals surface area contributed by atoms with Gasteiger partial charge >= 0.3 is 0 Å². The quantitative estimate of drug-likeness (QED) is 0.632. The van der Waals surface area contributed by atoms with Crippen molar-refractivity contribution in [2.75, 3.05) is 0 Å². The fourth-order valence-corrected chi connectivity index (χ4v) is 2.38. The summed E-state index contributed by atoms with van der Waals surface area (Å²) in [5, 5.41) is 15.6. The third-order valence-corrected chi connectivity index (χ3v) is 2.42. The average molecular weight is 196 g/mol. The Morgan fingerprint density at radius 1 is 0.857 bits per heavy atom. The molecule has 82 valence electrons. The summed E-state index contributed by atoms with van der Waals surface area (Å²) >= 11 is 0. The van der Waals surface area contributed by atoms with Gasteiger partial charge in [0.2, 0.25) is 0 Å². The molecule has 0 rings (SSSR count). The number of nitrogens with one attached hydrogen (secondary N) is 2. The first kappa shape index (κ1) is 13.3. The van der Waals surface area contributed by atoms with E-state index in [4.69, 9.17) is 10.8 Å². The molecular formula is C12H24N2. The van der Waals surface area contributed by atoms with Gasteiger partial charge in [-0.25, -0.2) is 0 Å². The van der Waals surface area contributed by atoms with E-state index < -0.39 is 0 Å². The van der Waals surface area contributed by atoms with Gasteiger partial charge in [-0.05, 0) is 17.8 Å². The highest BCUT2D eigenvalue weighted by molar-refractivity contribution is 6.40. The van der Waals surface area contributed by atoms with E-state index in [-0.39, 0.29) is 16.7 Å². The first-order valence-electron chi connectivity index (χ1n) is 5.12. The van der Waals surface area contributed by atoms with Gasteiger partial charge in [0.05, 0.1) is 5.71 Å². The molecule has 2 N–H and O–H groups in total. The lowest BCUT2D eigenvalue weighted by atomic mass is 9.64. The van der Waals surface area contributed by atoms with Gasteiger partial charge < -0.3 is 10.8 Å². The van der Waals surface area contributed by atoms with Crippen molar-refractivity contribution in [3.63, 3.8) is 0 Å². The minimum absolute atomic E-state index is 0.0393. The number of rotatable bonds is 2. The molecule has 14 heavy (non-hydrogen) atoms. The molecule has 0 aromatic rings. The monoisotopic (exact) mass is 196 g/mol. The third kappa shape index (κ3) is 3.24. The van der Waals surface area contributed by atoms with Crippen LogP contribution >= 0.6 is 0 Å². The van der Waals surface area contributed by atoms with E-state index in [1.807, 2.05) is 0 Å². The van der Waals surface area contributed by atoms with E-state index in [1.54, 1.807) is 6.92 Å². The minimum atomic E-state index is 0.0393. The van der Waals surface area contributed by atoms with Crippen molar-refractivity contribution < 1.29 is 0 Å². The molecule has 0 radical (unpaired) electrons. The van der Waals surface area contributed by atoms with Crippen molar-refractivity contribution in [2.24, 2.45) is 16.7 Å². The van der Waals surface area contributed by atoms with Gasteiger partial charge in [-0.2, -0.15) is 0 Å². The van der Waals surface area contributed by atoms with E-state index in [9.17, 15) is 0 Å². The molecule has 0 saturated heterocycles. The summed E-state index contributed by atoms with van der Waals surface area (Å²) in [6.07, 6.45) is 0. The van der Waals surface area contributed by atoms with Crippen molar-refractivity contribution in [3.05, 3.63) is 0 Å². The van der Waals surface area contributed by atoms with Crippen LogP contribution < -0.4 is 0 Å². The maximum atomic E-state index is 7.99. The summed E-state index contributed by atoms with van der Waals surface area (Å²) in [6, 6.07) is 0. The first-order chi connectivity index (χ1) is 5.98. The second-order valence-corrected chi connectivity index (χ2v) is 6.20. The van der Waals surface area contributed by atoms with E-state index in [0.29, 0.717) is 11.4 Å². The van der Waals surface area contributed by atoms with Gasteiger partial charge in [0.1, 0.15) is 0 Å². The molecule has 0 aromatic carbocycles. The lowest BCUT2D eigenvalue weighted by Gasteiger charge is -2.40. The molecule has 2 heteroatoms. The fourth-order valence-electron chi connectivity index (χ4n) is 2.38. The van der Waals surface area contributed by atoms with Crippen LogP contribution in [0, 0.1) is 27.6 Å². The molecular weight excluding hydrogens is 172 g/mol. The van der Waals surface area contributed by atoms with Gasteiger partial charge in [-0.3, -0.25) is 0 Å². The van der Waals surface area contributed by atoms with Crippen molar-refractivity contribution in [3.8, 4) is 0 Å². The Kier molecular flexibility index (Phi) is 3.65. The Labute approximate surface area is 88.1 Å². The highest BCUT2D eigenvalue weighted by atomic mass is 14.6. The second-order valence-electron chi connectivity index (χ2n) is 6.20. The van der Waals surface area contributed by atoms with Crippen molar-refractivity contribution in [1.29, 1.82) is 10.8 Å². The zero-order valence-electron chi connectivity index (χ0n) is 10.6. The van der Waals surface area contributed by atoms with Crippen LogP contribution in [0.4, 0.5) is 0 Å². The summed E-state index contributed by atoms with van der Waals surface area (Å²) in [4.78, 5) is 0. The van der Waals surface area contributed by atoms with Crippen LogP contribution in [0.2, 0.25) is 0 Å². The van der Waals surface area contributed by atoms with Crippen molar-refractivity contribution in [1.82, 2.24) is 0 Å². The maximum absolute atomic E-state index is 7.99. The molecule has 0 spiro atoms. The molecule has 0 unspecified atom stereocenters. The molecule has 0 aliphatic carbocycles. The number of hydrogen-bond donors (Lipinski definition) is 2. The molecule has 0 heterocycles. The highest BCUT2D eigenvalue weighted by Gasteiger charge is 2.38. The molecule has 0 saturated carbocycles. The van der Waals surface area contributed by atoms with E-state index in [0.717, 1.165) is 0 Å². The standard InChI is InChI=1S/C12H24N2/c1-8(13)9(14)10(11(2,3)4)12(5,6)7/h10,13-14H,1-7H3. The van der Waals surface area contributed by atoms with Crippen LogP contribution in [-0.2, 0) is 0 Å². The Morgan fingerprint density at radius 2 is 1.14 bits per heavy atom. The normalized spacial score (nSPS) is 13.1.